The maximum atomic E-state index is 12.7. The standard InChI is InChI=1S/C26H53O19P3.C17H11NO.8H2/c1-2-3-4-5-6-7-8-9-10-11-12-13-14-15-20(28)42-19(16-40-18-27)17-41-48(38,39)45-24-21(29)22(30)25(43-46(32,33)34)26(23(24)31)44-47(35,36)37;1-3-5-6-7-8-9-10-11-12-13-14-16-18-17(19)15-4-2;;;;;;;;/h19,21-27,29-31H,2-18H2,1H3,(H,38,39)(H2,32,33,34)(H2,35,36,37);4,15H2,1-2H3,(H,18,19);8*1H/t19-,21+,22?,23?,24?,25-,26+;;;;;;;;;/m1........./s1. The molecule has 8 atom stereocenters. The van der Waals surface area contributed by atoms with Crippen molar-refractivity contribution in [2.45, 2.75) is 166 Å². The van der Waals surface area contributed by atoms with E-state index in [2.05, 4.69) is 92.5 Å². The van der Waals surface area contributed by atoms with Gasteiger partial charge in [-0.15, -0.1) is 0 Å². The van der Waals surface area contributed by atoms with Crippen LogP contribution in [0.2, 0.25) is 0 Å². The van der Waals surface area contributed by atoms with Crippen LogP contribution in [0.25, 0.3) is 0 Å². The van der Waals surface area contributed by atoms with Crippen molar-refractivity contribution >= 4 is 35.3 Å². The first-order valence-corrected chi connectivity index (χ1v) is 26.0. The summed E-state index contributed by atoms with van der Waals surface area (Å²) in [5.74, 6) is 26.8. The second-order valence-electron chi connectivity index (χ2n) is 14.5. The molecule has 0 aliphatic heterocycles. The van der Waals surface area contributed by atoms with Crippen LogP contribution in [0, 0.1) is 71.2 Å². The van der Waals surface area contributed by atoms with Crippen molar-refractivity contribution in [2.24, 2.45) is 0 Å². The summed E-state index contributed by atoms with van der Waals surface area (Å²) in [4.78, 5) is 70.1. The lowest BCUT2D eigenvalue weighted by Crippen LogP contribution is -2.65. The Hall–Kier alpha value is -3.57. The number of carbonyl (C=O) groups excluding carboxylic acids is 2. The van der Waals surface area contributed by atoms with Crippen LogP contribution in [0.1, 0.15) is 135 Å². The van der Waals surface area contributed by atoms with Gasteiger partial charge in [0.25, 0.3) is 0 Å². The Kier molecular flexibility index (Phi) is 35.4. The molecule has 0 aromatic heterocycles. The van der Waals surface area contributed by atoms with Crippen molar-refractivity contribution in [3.05, 3.63) is 0 Å². The lowest BCUT2D eigenvalue weighted by Gasteiger charge is -2.44. The lowest BCUT2D eigenvalue weighted by atomic mass is 9.85. The van der Waals surface area contributed by atoms with Crippen molar-refractivity contribution < 1.29 is 107 Å². The fourth-order valence-electron chi connectivity index (χ4n) is 5.78. The van der Waals surface area contributed by atoms with E-state index in [1.807, 2.05) is 6.92 Å². The second kappa shape index (κ2) is 37.3. The van der Waals surface area contributed by atoms with E-state index < -0.39 is 92.2 Å². The lowest BCUT2D eigenvalue weighted by molar-refractivity contribution is -0.213. The van der Waals surface area contributed by atoms with E-state index >= 15 is 0 Å². The first-order valence-electron chi connectivity index (χ1n) is 21.5. The normalized spacial score (nSPS) is 19.8. The summed E-state index contributed by atoms with van der Waals surface area (Å²) in [6, 6.07) is 2.43. The highest BCUT2D eigenvalue weighted by Gasteiger charge is 2.56. The molecule has 0 spiro atoms. The maximum absolute atomic E-state index is 12.7. The zero-order valence-electron chi connectivity index (χ0n) is 37.8. The van der Waals surface area contributed by atoms with Crippen LogP contribution in [0.3, 0.4) is 0 Å². The molecule has 21 nitrogen and oxygen atoms in total. The molecule has 1 saturated carbocycles. The number of aliphatic hydroxyl groups is 4. The zero-order valence-corrected chi connectivity index (χ0v) is 40.5. The van der Waals surface area contributed by atoms with Gasteiger partial charge < -0.3 is 54.4 Å². The topological polar surface area (TPSA) is 335 Å². The monoisotopic (exact) mass is 1020 g/mol. The average Bonchev–Trinajstić information content (AvgIpc) is 3.25. The number of hydrogen-bond donors (Lipinski definition) is 10. The quantitative estimate of drug-likeness (QED) is 0.0120. The largest absolute Gasteiger partial charge is 0.472 e. The highest BCUT2D eigenvalue weighted by molar-refractivity contribution is 7.47. The molecule has 67 heavy (non-hydrogen) atoms. The Balaban J connectivity index is -0.000000198. The van der Waals surface area contributed by atoms with E-state index in [0.29, 0.717) is 12.8 Å². The van der Waals surface area contributed by atoms with Crippen molar-refractivity contribution in [1.29, 1.82) is 0 Å². The first kappa shape index (κ1) is 63.4. The van der Waals surface area contributed by atoms with Gasteiger partial charge >= 0.3 is 29.4 Å². The van der Waals surface area contributed by atoms with Crippen molar-refractivity contribution in [2.75, 3.05) is 20.0 Å². The molecule has 4 unspecified atom stereocenters. The van der Waals surface area contributed by atoms with Crippen LogP contribution < -0.4 is 5.32 Å². The number of phosphoric ester groups is 3. The second-order valence-corrected chi connectivity index (χ2v) is 18.2. The molecule has 0 heterocycles. The Bertz CT molecular complexity index is 2040. The highest BCUT2D eigenvalue weighted by atomic mass is 31.2. The molecule has 0 radical (unpaired) electrons. The summed E-state index contributed by atoms with van der Waals surface area (Å²) >= 11 is 0. The smallest absolute Gasteiger partial charge is 0.457 e. The van der Waals surface area contributed by atoms with Crippen molar-refractivity contribution in [3.63, 3.8) is 0 Å². The first-order chi connectivity index (χ1) is 31.7. The third-order valence-corrected chi connectivity index (χ3v) is 10.8. The molecule has 392 valence electrons. The Morgan fingerprint density at radius 2 is 1.03 bits per heavy atom. The minimum absolute atomic E-state index is 0. The third-order valence-electron chi connectivity index (χ3n) is 8.82. The van der Waals surface area contributed by atoms with Crippen LogP contribution in [-0.2, 0) is 50.9 Å². The molecular weight excluding hydrogens is 943 g/mol. The number of hydrogen-bond acceptors (Lipinski definition) is 15. The van der Waals surface area contributed by atoms with E-state index in [1.165, 1.54) is 51.4 Å². The van der Waals surface area contributed by atoms with Gasteiger partial charge in [0.15, 0.2) is 0 Å². The number of phosphoric acid groups is 3. The summed E-state index contributed by atoms with van der Waals surface area (Å²) < 4.78 is 63.4. The number of amides is 1. The molecule has 1 aliphatic rings. The van der Waals surface area contributed by atoms with Gasteiger partial charge in [0.2, 0.25) is 5.91 Å². The van der Waals surface area contributed by atoms with E-state index in [-0.39, 0.29) is 23.7 Å². The summed E-state index contributed by atoms with van der Waals surface area (Å²) in [5, 5.41) is 42.6. The molecule has 1 aliphatic carbocycles. The fraction of sp³-hybridized carbons (Fsp3) is 0.674. The van der Waals surface area contributed by atoms with Crippen LogP contribution in [0.5, 0.6) is 0 Å². The number of rotatable bonds is 29. The number of unbranched alkanes of at least 4 members (excludes halogenated alkanes) is 12. The van der Waals surface area contributed by atoms with Gasteiger partial charge in [-0.05, 0) is 49.4 Å². The number of aliphatic hydroxyl groups excluding tert-OH is 4. The van der Waals surface area contributed by atoms with E-state index in [4.69, 9.17) is 43.2 Å². The van der Waals surface area contributed by atoms with E-state index in [0.717, 1.165) is 32.1 Å². The fourth-order valence-corrected chi connectivity index (χ4v) is 7.88. The molecule has 0 aromatic rings. The minimum atomic E-state index is -5.56. The molecule has 0 saturated heterocycles. The predicted octanol–water partition coefficient (Wildman–Crippen LogP) is 4.77. The number of carbonyl (C=O) groups is 2. The van der Waals surface area contributed by atoms with Crippen LogP contribution in [-0.4, -0.2) is 120 Å². The van der Waals surface area contributed by atoms with Crippen LogP contribution >= 0.6 is 23.5 Å². The van der Waals surface area contributed by atoms with E-state index in [9.17, 15) is 43.5 Å². The Morgan fingerprint density at radius 3 is 1.49 bits per heavy atom. The molecule has 1 rings (SSSR count). The Morgan fingerprint density at radius 1 is 0.582 bits per heavy atom. The van der Waals surface area contributed by atoms with Crippen molar-refractivity contribution in [1.82, 2.24) is 5.32 Å². The molecular formula is C43H80NO20P3. The zero-order chi connectivity index (χ0) is 50.6. The molecule has 1 amide bonds. The van der Waals surface area contributed by atoms with Crippen LogP contribution in [0.4, 0.5) is 0 Å². The number of nitrogens with one attached hydrogen (secondary N) is 1. The third kappa shape index (κ3) is 34.4. The Labute approximate surface area is 404 Å². The molecule has 0 bridgehead atoms. The van der Waals surface area contributed by atoms with Crippen LogP contribution in [0.15, 0.2) is 0 Å². The summed E-state index contributed by atoms with van der Waals surface area (Å²) in [5.41, 5.74) is 0. The van der Waals surface area contributed by atoms with Gasteiger partial charge in [-0.25, -0.2) is 13.7 Å². The average molecular weight is 1020 g/mol. The SMILES string of the molecule is CC#CC#CC#CC#CC#CC#CNC(=O)CCC.CCCCCCCCCCCCCCCC(=O)O[C@H](COCO)COP(=O)(O)OC1C(O)[C@H](OP(=O)(O)O)[C@H](OP(=O)(O)O)C(O)[C@@H]1O.[HH].[HH].[HH].[HH].[HH].[HH].[HH].[HH]. The number of esters is 1. The summed E-state index contributed by atoms with van der Waals surface area (Å²) in [6.45, 7) is 3.67. The predicted molar refractivity (Wildman–Crippen MR) is 258 cm³/mol. The van der Waals surface area contributed by atoms with Gasteiger partial charge in [0.1, 0.15) is 49.5 Å². The van der Waals surface area contributed by atoms with Gasteiger partial charge in [-0.3, -0.25) is 33.0 Å². The van der Waals surface area contributed by atoms with E-state index in [1.54, 1.807) is 6.92 Å². The highest BCUT2D eigenvalue weighted by Crippen LogP contribution is 2.51. The molecule has 1 fully saturated rings. The van der Waals surface area contributed by atoms with Gasteiger partial charge in [-0.2, -0.15) is 0 Å². The summed E-state index contributed by atoms with van der Waals surface area (Å²) in [7, 11) is -16.4. The van der Waals surface area contributed by atoms with Gasteiger partial charge in [0, 0.05) is 59.9 Å². The molecule has 24 heteroatoms. The summed E-state index contributed by atoms with van der Waals surface area (Å²) in [6.07, 6.45) is -0.441. The molecule has 10 N–H and O–H groups in total. The van der Waals surface area contributed by atoms with Gasteiger partial charge in [-0.1, -0.05) is 96.8 Å². The maximum Gasteiger partial charge on any atom is 0.472 e. The van der Waals surface area contributed by atoms with Gasteiger partial charge in [0.05, 0.1) is 13.2 Å². The number of ether oxygens (including phenoxy) is 2. The van der Waals surface area contributed by atoms with Crippen molar-refractivity contribution in [3.8, 4) is 71.2 Å². The molecule has 0 aromatic carbocycles. The minimum Gasteiger partial charge on any atom is -0.457 e.